The Balaban J connectivity index is 2.36. The van der Waals surface area contributed by atoms with Crippen LogP contribution in [0, 0.1) is 11.6 Å². The third-order valence-corrected chi connectivity index (χ3v) is 2.48. The number of hydrogen-bond acceptors (Lipinski definition) is 3. The van der Waals surface area contributed by atoms with E-state index in [1.165, 1.54) is 19.2 Å². The summed E-state index contributed by atoms with van der Waals surface area (Å²) < 4.78 is 31.6. The Hall–Kier alpha value is -2.30. The van der Waals surface area contributed by atoms with Gasteiger partial charge in [-0.15, -0.1) is 0 Å². The molecule has 18 heavy (non-hydrogen) atoms. The summed E-state index contributed by atoms with van der Waals surface area (Å²) in [4.78, 5) is 0. The molecule has 0 aliphatic carbocycles. The third kappa shape index (κ3) is 2.34. The highest BCUT2D eigenvalue weighted by atomic mass is 19.2. The van der Waals surface area contributed by atoms with Crippen LogP contribution in [0.2, 0.25) is 0 Å². The number of benzene rings is 2. The van der Waals surface area contributed by atoms with E-state index >= 15 is 0 Å². The fourth-order valence-corrected chi connectivity index (χ4v) is 1.52. The maximum atomic E-state index is 13.5. The number of nitrogens with one attached hydrogen (secondary N) is 1. The number of hydrogen-bond donors (Lipinski definition) is 2. The topological polar surface area (TPSA) is 47.3 Å². The lowest BCUT2D eigenvalue weighted by Crippen LogP contribution is -2.00. The molecule has 3 nitrogen and oxygen atoms in total. The molecule has 0 saturated heterocycles. The molecule has 0 aromatic heterocycles. The molecule has 0 atom stereocenters. The summed E-state index contributed by atoms with van der Waals surface area (Å²) in [6.07, 6.45) is 0. The molecule has 3 N–H and O–H groups in total. The van der Waals surface area contributed by atoms with Crippen LogP contribution in [0.25, 0.3) is 0 Å². The molecular weight excluding hydrogens is 238 g/mol. The Morgan fingerprint density at radius 1 is 1.11 bits per heavy atom. The van der Waals surface area contributed by atoms with Crippen LogP contribution in [-0.4, -0.2) is 7.11 Å². The molecule has 0 unspecified atom stereocenters. The molecule has 0 bridgehead atoms. The van der Waals surface area contributed by atoms with Crippen LogP contribution in [0.4, 0.5) is 25.8 Å². The Labute approximate surface area is 103 Å². The largest absolute Gasteiger partial charge is 0.497 e. The molecule has 0 heterocycles. The van der Waals surface area contributed by atoms with Crippen molar-refractivity contribution in [3.63, 3.8) is 0 Å². The average Bonchev–Trinajstić information content (AvgIpc) is 2.37. The van der Waals surface area contributed by atoms with Gasteiger partial charge in [0, 0.05) is 6.07 Å². The summed E-state index contributed by atoms with van der Waals surface area (Å²) in [5.41, 5.74) is 6.64. The van der Waals surface area contributed by atoms with E-state index in [4.69, 9.17) is 10.5 Å². The van der Waals surface area contributed by atoms with Gasteiger partial charge in [0.25, 0.3) is 0 Å². The molecule has 2 aromatic rings. The quantitative estimate of drug-likeness (QED) is 0.822. The predicted octanol–water partition coefficient (Wildman–Crippen LogP) is 3.30. The summed E-state index contributed by atoms with van der Waals surface area (Å²) in [6.45, 7) is 0. The van der Waals surface area contributed by atoms with Crippen LogP contribution >= 0.6 is 0 Å². The van der Waals surface area contributed by atoms with E-state index in [0.29, 0.717) is 17.1 Å². The van der Waals surface area contributed by atoms with Crippen LogP contribution in [0.1, 0.15) is 0 Å². The highest BCUT2D eigenvalue weighted by Gasteiger charge is 2.09. The first-order chi connectivity index (χ1) is 8.61. The van der Waals surface area contributed by atoms with E-state index in [1.54, 1.807) is 18.2 Å². The van der Waals surface area contributed by atoms with Crippen molar-refractivity contribution in [1.82, 2.24) is 0 Å². The van der Waals surface area contributed by atoms with Gasteiger partial charge >= 0.3 is 0 Å². The SMILES string of the molecule is COc1ccc(N)c(Nc2cccc(F)c2F)c1. The van der Waals surface area contributed by atoms with E-state index < -0.39 is 11.6 Å². The monoisotopic (exact) mass is 250 g/mol. The summed E-state index contributed by atoms with van der Waals surface area (Å²) in [5, 5.41) is 2.74. The van der Waals surface area contributed by atoms with Crippen molar-refractivity contribution in [2.24, 2.45) is 0 Å². The second kappa shape index (κ2) is 4.91. The molecule has 2 rings (SSSR count). The zero-order valence-electron chi connectivity index (χ0n) is 9.71. The molecule has 5 heteroatoms. The van der Waals surface area contributed by atoms with Crippen LogP contribution in [0.5, 0.6) is 5.75 Å². The second-order valence-electron chi connectivity index (χ2n) is 3.68. The van der Waals surface area contributed by atoms with E-state index in [1.807, 2.05) is 0 Å². The van der Waals surface area contributed by atoms with Gasteiger partial charge < -0.3 is 15.8 Å². The summed E-state index contributed by atoms with van der Waals surface area (Å²) in [6, 6.07) is 8.81. The molecule has 0 spiro atoms. The van der Waals surface area contributed by atoms with Crippen LogP contribution in [0.3, 0.4) is 0 Å². The van der Waals surface area contributed by atoms with Crippen molar-refractivity contribution in [2.75, 3.05) is 18.2 Å². The molecule has 0 radical (unpaired) electrons. The normalized spacial score (nSPS) is 10.2. The van der Waals surface area contributed by atoms with Crippen molar-refractivity contribution in [2.45, 2.75) is 0 Å². The van der Waals surface area contributed by atoms with Gasteiger partial charge in [0.2, 0.25) is 0 Å². The molecule has 94 valence electrons. The molecule has 2 aromatic carbocycles. The van der Waals surface area contributed by atoms with Crippen LogP contribution in [-0.2, 0) is 0 Å². The van der Waals surface area contributed by atoms with E-state index in [2.05, 4.69) is 5.32 Å². The number of nitrogen functional groups attached to an aromatic ring is 1. The first kappa shape index (κ1) is 12.2. The number of halogens is 2. The van der Waals surface area contributed by atoms with E-state index in [9.17, 15) is 8.78 Å². The molecule has 0 saturated carbocycles. The molecule has 0 fully saturated rings. The van der Waals surface area contributed by atoms with Gasteiger partial charge in [0.05, 0.1) is 24.2 Å². The molecule has 0 aliphatic rings. The van der Waals surface area contributed by atoms with E-state index in [0.717, 1.165) is 6.07 Å². The van der Waals surface area contributed by atoms with Crippen molar-refractivity contribution in [3.8, 4) is 5.75 Å². The van der Waals surface area contributed by atoms with Crippen molar-refractivity contribution in [3.05, 3.63) is 48.0 Å². The number of anilines is 3. The Kier molecular flexibility index (Phi) is 3.32. The predicted molar refractivity (Wildman–Crippen MR) is 67.0 cm³/mol. The van der Waals surface area contributed by atoms with Gasteiger partial charge in [-0.2, -0.15) is 0 Å². The minimum absolute atomic E-state index is 0.0231. The first-order valence-corrected chi connectivity index (χ1v) is 5.26. The highest BCUT2D eigenvalue weighted by molar-refractivity contribution is 5.74. The summed E-state index contributed by atoms with van der Waals surface area (Å²) in [7, 11) is 1.51. The van der Waals surface area contributed by atoms with Gasteiger partial charge in [-0.1, -0.05) is 6.07 Å². The lowest BCUT2D eigenvalue weighted by Gasteiger charge is -2.11. The maximum Gasteiger partial charge on any atom is 0.182 e. The minimum atomic E-state index is -0.945. The van der Waals surface area contributed by atoms with Gasteiger partial charge in [-0.3, -0.25) is 0 Å². The van der Waals surface area contributed by atoms with Crippen molar-refractivity contribution in [1.29, 1.82) is 0 Å². The molecule has 0 amide bonds. The van der Waals surface area contributed by atoms with Crippen LogP contribution < -0.4 is 15.8 Å². The Bertz CT molecular complexity index is 573. The lowest BCUT2D eigenvalue weighted by molar-refractivity contribution is 0.415. The number of rotatable bonds is 3. The number of ether oxygens (including phenoxy) is 1. The molecule has 0 aliphatic heterocycles. The average molecular weight is 250 g/mol. The summed E-state index contributed by atoms with van der Waals surface area (Å²) >= 11 is 0. The zero-order chi connectivity index (χ0) is 13.1. The van der Waals surface area contributed by atoms with Crippen molar-refractivity contribution >= 4 is 17.1 Å². The van der Waals surface area contributed by atoms with E-state index in [-0.39, 0.29) is 5.69 Å². The third-order valence-electron chi connectivity index (χ3n) is 2.48. The fraction of sp³-hybridized carbons (Fsp3) is 0.0769. The maximum absolute atomic E-state index is 13.5. The highest BCUT2D eigenvalue weighted by Crippen LogP contribution is 2.29. The standard InChI is InChI=1S/C13H12F2N2O/c1-18-8-5-6-10(16)12(7-8)17-11-4-2-3-9(14)13(11)15/h2-7,17H,16H2,1H3. The zero-order valence-corrected chi connectivity index (χ0v) is 9.71. The lowest BCUT2D eigenvalue weighted by atomic mass is 10.2. The first-order valence-electron chi connectivity index (χ1n) is 5.26. The van der Waals surface area contributed by atoms with Gasteiger partial charge in [0.15, 0.2) is 11.6 Å². The fourth-order valence-electron chi connectivity index (χ4n) is 1.52. The number of methoxy groups -OCH3 is 1. The smallest absolute Gasteiger partial charge is 0.182 e. The summed E-state index contributed by atoms with van der Waals surface area (Å²) in [5.74, 6) is -1.29. The van der Waals surface area contributed by atoms with Gasteiger partial charge in [-0.05, 0) is 24.3 Å². The second-order valence-corrected chi connectivity index (χ2v) is 3.68. The minimum Gasteiger partial charge on any atom is -0.497 e. The van der Waals surface area contributed by atoms with Crippen molar-refractivity contribution < 1.29 is 13.5 Å². The number of nitrogens with two attached hydrogens (primary N) is 1. The Morgan fingerprint density at radius 2 is 1.89 bits per heavy atom. The van der Waals surface area contributed by atoms with Gasteiger partial charge in [-0.25, -0.2) is 8.78 Å². The Morgan fingerprint density at radius 3 is 2.61 bits per heavy atom. The van der Waals surface area contributed by atoms with Gasteiger partial charge in [0.1, 0.15) is 5.75 Å². The molecular formula is C13H12F2N2O. The van der Waals surface area contributed by atoms with Crippen LogP contribution in [0.15, 0.2) is 36.4 Å².